The molecule has 1 heterocycles. The second-order valence-electron chi connectivity index (χ2n) is 12.5. The van der Waals surface area contributed by atoms with E-state index in [2.05, 4.69) is 6.08 Å². The molecule has 0 saturated heterocycles. The highest BCUT2D eigenvalue weighted by atomic mass is 16.5. The lowest BCUT2D eigenvalue weighted by atomic mass is 9.70. The van der Waals surface area contributed by atoms with E-state index < -0.39 is 57.0 Å². The third-order valence-corrected chi connectivity index (χ3v) is 8.02. The number of allylic oxidation sites excluding steroid dienone is 7. The molecule has 0 fully saturated rings. The van der Waals surface area contributed by atoms with Gasteiger partial charge in [0.25, 0.3) is 0 Å². The molecule has 0 radical (unpaired) electrons. The summed E-state index contributed by atoms with van der Waals surface area (Å²) in [5, 5.41) is 45.3. The monoisotopic (exact) mass is 592 g/mol. The average Bonchev–Trinajstić information content (AvgIpc) is 2.90. The van der Waals surface area contributed by atoms with Crippen LogP contribution in [-0.4, -0.2) is 43.4 Å². The summed E-state index contributed by atoms with van der Waals surface area (Å²) in [5.74, 6) is -3.90. The van der Waals surface area contributed by atoms with Gasteiger partial charge in [-0.25, -0.2) is 0 Å². The summed E-state index contributed by atoms with van der Waals surface area (Å²) in [7, 11) is 0. The Kier molecular flexibility index (Phi) is 9.84. The highest BCUT2D eigenvalue weighted by Gasteiger charge is 2.47. The van der Waals surface area contributed by atoms with Crippen LogP contribution >= 0.6 is 0 Å². The fourth-order valence-electron chi connectivity index (χ4n) is 5.42. The van der Waals surface area contributed by atoms with Crippen LogP contribution in [0.15, 0.2) is 52.0 Å². The van der Waals surface area contributed by atoms with Crippen LogP contribution in [0.25, 0.3) is 6.08 Å². The van der Waals surface area contributed by atoms with Crippen molar-refractivity contribution in [1.82, 2.24) is 0 Å². The smallest absolute Gasteiger partial charge is 0.183 e. The van der Waals surface area contributed by atoms with Gasteiger partial charge in [-0.3, -0.25) is 14.4 Å². The minimum absolute atomic E-state index is 0.0332. The minimum Gasteiger partial charge on any atom is -0.511 e. The standard InChI is InChI=1S/C35H44O8/c1-9-11-25(37)27-28(38)22-15-16-34(6,7)43-31(22)23(29(27)39)18-24-30(40)26(21(5)36)33(42)35(8,32(24)41)17-14-20(4)13-10-12-19(2)3/h12,14-16,38-41H,9-11,13,17-18H2,1-8H3. The Balaban J connectivity index is 2.24. The van der Waals surface area contributed by atoms with Gasteiger partial charge in [0.2, 0.25) is 0 Å². The first-order valence-corrected chi connectivity index (χ1v) is 14.7. The molecule has 232 valence electrons. The molecule has 0 saturated carbocycles. The summed E-state index contributed by atoms with van der Waals surface area (Å²) in [6.45, 7) is 14.0. The Labute approximate surface area is 253 Å². The van der Waals surface area contributed by atoms with Crippen LogP contribution < -0.4 is 4.74 Å². The first-order valence-electron chi connectivity index (χ1n) is 14.7. The van der Waals surface area contributed by atoms with Gasteiger partial charge in [0.1, 0.15) is 45.5 Å². The van der Waals surface area contributed by atoms with E-state index in [0.717, 1.165) is 18.4 Å². The number of benzene rings is 1. The normalized spacial score (nSPS) is 19.7. The second kappa shape index (κ2) is 12.7. The van der Waals surface area contributed by atoms with Gasteiger partial charge < -0.3 is 25.2 Å². The molecule has 1 unspecified atom stereocenters. The average molecular weight is 593 g/mol. The predicted molar refractivity (Wildman–Crippen MR) is 167 cm³/mol. The first kappa shape index (κ1) is 33.4. The fourth-order valence-corrected chi connectivity index (χ4v) is 5.42. The van der Waals surface area contributed by atoms with Crippen molar-refractivity contribution < 1.29 is 39.5 Å². The second-order valence-corrected chi connectivity index (χ2v) is 12.5. The predicted octanol–water partition coefficient (Wildman–Crippen LogP) is 7.69. The highest BCUT2D eigenvalue weighted by molar-refractivity contribution is 6.23. The molecule has 8 nitrogen and oxygen atoms in total. The highest BCUT2D eigenvalue weighted by Crippen LogP contribution is 2.50. The van der Waals surface area contributed by atoms with Crippen LogP contribution in [0.3, 0.4) is 0 Å². The number of Topliss-reactive ketones (excluding diaryl/α,β-unsaturated/α-hetero) is 3. The van der Waals surface area contributed by atoms with E-state index in [-0.39, 0.29) is 47.3 Å². The molecule has 0 amide bonds. The Morgan fingerprint density at radius 3 is 2.19 bits per heavy atom. The minimum atomic E-state index is -1.58. The molecule has 1 aliphatic heterocycles. The number of rotatable bonds is 11. The fraction of sp³-hybridized carbons (Fsp3) is 0.457. The SMILES string of the molecule is CCCC(=O)c1c(O)c2c(c(CC3=C(O)C(C)(CC=C(C)CCC=C(C)C)C(=O)C(C(C)=O)=C3O)c1O)OC(C)(C)C=C2. The van der Waals surface area contributed by atoms with E-state index in [0.29, 0.717) is 6.42 Å². The number of hydrogen-bond donors (Lipinski definition) is 4. The van der Waals surface area contributed by atoms with Gasteiger partial charge in [0.15, 0.2) is 17.3 Å². The topological polar surface area (TPSA) is 141 Å². The van der Waals surface area contributed by atoms with Crippen molar-refractivity contribution in [2.24, 2.45) is 5.41 Å². The van der Waals surface area contributed by atoms with Crippen molar-refractivity contribution in [3.05, 3.63) is 68.7 Å². The quantitative estimate of drug-likeness (QED) is 0.116. The maximum absolute atomic E-state index is 13.6. The Morgan fingerprint density at radius 1 is 0.953 bits per heavy atom. The lowest BCUT2D eigenvalue weighted by Gasteiger charge is -2.34. The van der Waals surface area contributed by atoms with Crippen LogP contribution in [0.4, 0.5) is 0 Å². The molecule has 0 bridgehead atoms. The van der Waals surface area contributed by atoms with Crippen LogP contribution in [0.2, 0.25) is 0 Å². The summed E-state index contributed by atoms with van der Waals surface area (Å²) >= 11 is 0. The molecule has 1 aliphatic carbocycles. The maximum atomic E-state index is 13.6. The van der Waals surface area contributed by atoms with Crippen molar-refractivity contribution in [1.29, 1.82) is 0 Å². The van der Waals surface area contributed by atoms with E-state index in [1.165, 1.54) is 19.4 Å². The Morgan fingerprint density at radius 2 is 1.60 bits per heavy atom. The summed E-state index contributed by atoms with van der Waals surface area (Å²) < 4.78 is 6.13. The van der Waals surface area contributed by atoms with Crippen LogP contribution in [0.1, 0.15) is 109 Å². The molecule has 1 aromatic rings. The van der Waals surface area contributed by atoms with E-state index in [1.54, 1.807) is 32.9 Å². The third-order valence-electron chi connectivity index (χ3n) is 8.02. The van der Waals surface area contributed by atoms with E-state index in [4.69, 9.17) is 4.74 Å². The summed E-state index contributed by atoms with van der Waals surface area (Å²) in [4.78, 5) is 39.3. The number of aliphatic hydroxyl groups excluding tert-OH is 2. The molecule has 2 aliphatic rings. The number of phenols is 2. The van der Waals surface area contributed by atoms with Crippen LogP contribution in [0, 0.1) is 5.41 Å². The van der Waals surface area contributed by atoms with Crippen LogP contribution in [-0.2, 0) is 16.0 Å². The van der Waals surface area contributed by atoms with Gasteiger partial charge in [-0.1, -0.05) is 30.2 Å². The van der Waals surface area contributed by atoms with E-state index >= 15 is 0 Å². The molecular weight excluding hydrogens is 548 g/mol. The number of ketones is 3. The van der Waals surface area contributed by atoms with Gasteiger partial charge in [0, 0.05) is 24.0 Å². The van der Waals surface area contributed by atoms with Crippen molar-refractivity contribution in [2.75, 3.05) is 0 Å². The summed E-state index contributed by atoms with van der Waals surface area (Å²) in [6, 6.07) is 0. The number of fused-ring (bicyclic) bond motifs is 1. The lowest BCUT2D eigenvalue weighted by Crippen LogP contribution is -2.38. The Hall–Kier alpha value is -4.07. The van der Waals surface area contributed by atoms with E-state index in [1.807, 2.05) is 26.8 Å². The number of carbonyl (C=O) groups excluding carboxylic acids is 3. The summed E-state index contributed by atoms with van der Waals surface area (Å²) in [5.41, 5.74) is -0.900. The van der Waals surface area contributed by atoms with E-state index in [9.17, 15) is 34.8 Å². The molecule has 8 heteroatoms. The zero-order chi connectivity index (χ0) is 32.4. The molecule has 43 heavy (non-hydrogen) atoms. The molecule has 3 rings (SSSR count). The first-order chi connectivity index (χ1) is 20.0. The maximum Gasteiger partial charge on any atom is 0.183 e. The van der Waals surface area contributed by atoms with Crippen LogP contribution in [0.5, 0.6) is 17.2 Å². The largest absolute Gasteiger partial charge is 0.511 e. The number of ether oxygens (including phenoxy) is 1. The lowest BCUT2D eigenvalue weighted by molar-refractivity contribution is -0.127. The molecular formula is C35H44O8. The Bertz CT molecular complexity index is 1510. The number of carbonyl (C=O) groups is 3. The van der Waals surface area contributed by atoms with Crippen molar-refractivity contribution in [3.8, 4) is 17.2 Å². The third kappa shape index (κ3) is 6.63. The molecule has 0 spiro atoms. The van der Waals surface area contributed by atoms with Gasteiger partial charge in [0.05, 0.1) is 11.0 Å². The summed E-state index contributed by atoms with van der Waals surface area (Å²) in [6.07, 6.45) is 9.05. The molecule has 4 N–H and O–H groups in total. The zero-order valence-electron chi connectivity index (χ0n) is 26.5. The van der Waals surface area contributed by atoms with Gasteiger partial charge >= 0.3 is 0 Å². The van der Waals surface area contributed by atoms with Gasteiger partial charge in [-0.2, -0.15) is 0 Å². The van der Waals surface area contributed by atoms with Crippen molar-refractivity contribution in [2.45, 2.75) is 99.5 Å². The number of aliphatic hydroxyl groups is 2. The molecule has 0 aromatic heterocycles. The number of aromatic hydroxyl groups is 2. The van der Waals surface area contributed by atoms with Crippen molar-refractivity contribution in [3.63, 3.8) is 0 Å². The number of phenolic OH excluding ortho intramolecular Hbond substituents is 2. The van der Waals surface area contributed by atoms with Crippen molar-refractivity contribution >= 4 is 23.4 Å². The van der Waals surface area contributed by atoms with Gasteiger partial charge in [-0.15, -0.1) is 0 Å². The zero-order valence-corrected chi connectivity index (χ0v) is 26.5. The number of hydrogen-bond acceptors (Lipinski definition) is 8. The molecule has 1 aromatic carbocycles. The van der Waals surface area contributed by atoms with Gasteiger partial charge in [-0.05, 0) is 86.3 Å². The molecule has 1 atom stereocenters.